The Morgan fingerprint density at radius 2 is 2.33 bits per heavy atom. The van der Waals surface area contributed by atoms with Gasteiger partial charge in [-0.2, -0.15) is 4.80 Å². The molecule has 0 amide bonds. The van der Waals surface area contributed by atoms with E-state index in [4.69, 9.17) is 10.5 Å². The molecule has 0 radical (unpaired) electrons. The summed E-state index contributed by atoms with van der Waals surface area (Å²) in [5.74, 6) is -1.19. The Balaban J connectivity index is 1.91. The zero-order valence-electron chi connectivity index (χ0n) is 11.3. The second kappa shape index (κ2) is 6.75. The topological polar surface area (TPSA) is 105 Å². The highest BCUT2D eigenvalue weighted by atomic mass is 19.1. The molecule has 2 aromatic rings. The molecule has 1 aromatic heterocycles. The first-order valence-corrected chi connectivity index (χ1v) is 6.07. The summed E-state index contributed by atoms with van der Waals surface area (Å²) >= 11 is 0. The maximum absolute atomic E-state index is 13.7. The molecule has 2 N–H and O–H groups in total. The van der Waals surface area contributed by atoms with Gasteiger partial charge in [-0.3, -0.25) is 0 Å². The van der Waals surface area contributed by atoms with Crippen molar-refractivity contribution in [3.05, 3.63) is 35.9 Å². The van der Waals surface area contributed by atoms with Gasteiger partial charge in [-0.25, -0.2) is 9.18 Å². The van der Waals surface area contributed by atoms with E-state index in [1.165, 1.54) is 30.4 Å². The Kier molecular flexibility index (Phi) is 4.77. The second-order valence-corrected chi connectivity index (χ2v) is 4.20. The second-order valence-electron chi connectivity index (χ2n) is 4.20. The molecule has 1 aromatic carbocycles. The SMILES string of the molecule is COC(=O)c1ccc(OC[C@H](N)Cn2ncnn2)cc1F. The number of benzene rings is 1. The zero-order chi connectivity index (χ0) is 15.2. The van der Waals surface area contributed by atoms with E-state index in [1.54, 1.807) is 0 Å². The molecule has 112 valence electrons. The smallest absolute Gasteiger partial charge is 0.340 e. The number of rotatable bonds is 6. The average molecular weight is 295 g/mol. The number of esters is 1. The van der Waals surface area contributed by atoms with E-state index in [2.05, 4.69) is 20.1 Å². The number of aromatic nitrogens is 4. The summed E-state index contributed by atoms with van der Waals surface area (Å²) in [6.07, 6.45) is 1.30. The van der Waals surface area contributed by atoms with Crippen molar-refractivity contribution in [1.82, 2.24) is 20.2 Å². The van der Waals surface area contributed by atoms with E-state index in [-0.39, 0.29) is 24.0 Å². The first-order chi connectivity index (χ1) is 10.1. The Hall–Kier alpha value is -2.55. The number of tetrazole rings is 1. The molecule has 8 nitrogen and oxygen atoms in total. The van der Waals surface area contributed by atoms with Crippen LogP contribution in [0.25, 0.3) is 0 Å². The molecule has 0 unspecified atom stereocenters. The van der Waals surface area contributed by atoms with Gasteiger partial charge in [0, 0.05) is 6.07 Å². The monoisotopic (exact) mass is 295 g/mol. The van der Waals surface area contributed by atoms with E-state index in [0.717, 1.165) is 6.07 Å². The Bertz CT molecular complexity index is 605. The number of hydrogen-bond acceptors (Lipinski definition) is 7. The van der Waals surface area contributed by atoms with E-state index < -0.39 is 11.8 Å². The molecule has 1 heterocycles. The van der Waals surface area contributed by atoms with E-state index in [9.17, 15) is 9.18 Å². The van der Waals surface area contributed by atoms with Gasteiger partial charge in [0.25, 0.3) is 0 Å². The maximum Gasteiger partial charge on any atom is 0.340 e. The molecule has 2 rings (SSSR count). The molecular formula is C12H14FN5O3. The third kappa shape index (κ3) is 3.96. The number of nitrogens with zero attached hydrogens (tertiary/aromatic N) is 4. The highest BCUT2D eigenvalue weighted by molar-refractivity contribution is 5.89. The maximum atomic E-state index is 13.7. The van der Waals surface area contributed by atoms with Crippen molar-refractivity contribution >= 4 is 5.97 Å². The van der Waals surface area contributed by atoms with Gasteiger partial charge in [-0.05, 0) is 17.3 Å². The van der Waals surface area contributed by atoms with Gasteiger partial charge in [-0.1, -0.05) is 0 Å². The minimum absolute atomic E-state index is 0.137. The van der Waals surface area contributed by atoms with E-state index in [0.29, 0.717) is 6.54 Å². The largest absolute Gasteiger partial charge is 0.492 e. The summed E-state index contributed by atoms with van der Waals surface area (Å²) in [6.45, 7) is 0.460. The van der Waals surface area contributed by atoms with Crippen LogP contribution in [-0.2, 0) is 11.3 Å². The number of nitrogens with two attached hydrogens (primary N) is 1. The van der Waals surface area contributed by atoms with Crippen LogP contribution in [0.2, 0.25) is 0 Å². The number of ether oxygens (including phenoxy) is 2. The van der Waals surface area contributed by atoms with Crippen LogP contribution < -0.4 is 10.5 Å². The van der Waals surface area contributed by atoms with Gasteiger partial charge in [0.2, 0.25) is 0 Å². The van der Waals surface area contributed by atoms with Crippen molar-refractivity contribution in [3.8, 4) is 5.75 Å². The molecule has 0 aliphatic carbocycles. The molecule has 0 fully saturated rings. The Morgan fingerprint density at radius 1 is 1.52 bits per heavy atom. The zero-order valence-corrected chi connectivity index (χ0v) is 11.3. The summed E-state index contributed by atoms with van der Waals surface area (Å²) in [4.78, 5) is 12.6. The first kappa shape index (κ1) is 14.9. The molecule has 9 heteroatoms. The van der Waals surface area contributed by atoms with Crippen LogP contribution in [0.1, 0.15) is 10.4 Å². The Morgan fingerprint density at radius 3 is 2.95 bits per heavy atom. The van der Waals surface area contributed by atoms with Gasteiger partial charge in [-0.15, -0.1) is 10.2 Å². The summed E-state index contributed by atoms with van der Waals surface area (Å²) in [5.41, 5.74) is 5.68. The predicted molar refractivity (Wildman–Crippen MR) is 69.0 cm³/mol. The van der Waals surface area contributed by atoms with Crippen molar-refractivity contribution in [2.75, 3.05) is 13.7 Å². The number of methoxy groups -OCH3 is 1. The van der Waals surface area contributed by atoms with Crippen LogP contribution in [0.15, 0.2) is 24.5 Å². The summed E-state index contributed by atoms with van der Waals surface area (Å²) in [6, 6.07) is 3.48. The quantitative estimate of drug-likeness (QED) is 0.748. The number of hydrogen-bond donors (Lipinski definition) is 1. The molecule has 21 heavy (non-hydrogen) atoms. The van der Waals surface area contributed by atoms with E-state index in [1.807, 2.05) is 0 Å². The van der Waals surface area contributed by atoms with Crippen LogP contribution in [0, 0.1) is 5.82 Å². The molecule has 0 saturated heterocycles. The molecule has 0 saturated carbocycles. The van der Waals surface area contributed by atoms with Crippen molar-refractivity contribution in [2.45, 2.75) is 12.6 Å². The fourth-order valence-electron chi connectivity index (χ4n) is 1.60. The summed E-state index contributed by atoms with van der Waals surface area (Å²) in [7, 11) is 1.18. The fourth-order valence-corrected chi connectivity index (χ4v) is 1.60. The molecule has 0 spiro atoms. The molecule has 0 aliphatic heterocycles. The lowest BCUT2D eigenvalue weighted by molar-refractivity contribution is 0.0595. The van der Waals surface area contributed by atoms with Crippen LogP contribution in [0.4, 0.5) is 4.39 Å². The van der Waals surface area contributed by atoms with Crippen molar-refractivity contribution < 1.29 is 18.7 Å². The van der Waals surface area contributed by atoms with Crippen LogP contribution >= 0.6 is 0 Å². The van der Waals surface area contributed by atoms with Gasteiger partial charge in [0.15, 0.2) is 6.33 Å². The van der Waals surface area contributed by atoms with Gasteiger partial charge in [0.05, 0.1) is 25.3 Å². The normalized spacial score (nSPS) is 12.0. The number of halogens is 1. The highest BCUT2D eigenvalue weighted by Crippen LogP contribution is 2.17. The molecule has 0 aliphatic rings. The number of carbonyl (C=O) groups is 1. The number of carbonyl (C=O) groups excluding carboxylic acids is 1. The van der Waals surface area contributed by atoms with Crippen LogP contribution in [0.5, 0.6) is 5.75 Å². The first-order valence-electron chi connectivity index (χ1n) is 6.07. The minimum atomic E-state index is -0.743. The summed E-state index contributed by atoms with van der Waals surface area (Å²) < 4.78 is 23.5. The van der Waals surface area contributed by atoms with Crippen LogP contribution in [-0.4, -0.2) is 45.9 Å². The predicted octanol–water partition coefficient (Wildman–Crippen LogP) is 0.00510. The molecule has 0 bridgehead atoms. The van der Waals surface area contributed by atoms with Gasteiger partial charge < -0.3 is 15.2 Å². The lowest BCUT2D eigenvalue weighted by Crippen LogP contribution is -2.33. The lowest BCUT2D eigenvalue weighted by atomic mass is 10.2. The summed E-state index contributed by atoms with van der Waals surface area (Å²) in [5, 5.41) is 11.0. The van der Waals surface area contributed by atoms with E-state index >= 15 is 0 Å². The molecular weight excluding hydrogens is 281 g/mol. The van der Waals surface area contributed by atoms with Crippen LogP contribution in [0.3, 0.4) is 0 Å². The third-order valence-corrected chi connectivity index (χ3v) is 2.60. The van der Waals surface area contributed by atoms with Crippen molar-refractivity contribution in [1.29, 1.82) is 0 Å². The lowest BCUT2D eigenvalue weighted by Gasteiger charge is -2.12. The van der Waals surface area contributed by atoms with Crippen molar-refractivity contribution in [2.24, 2.45) is 5.73 Å². The third-order valence-electron chi connectivity index (χ3n) is 2.60. The fraction of sp³-hybridized carbons (Fsp3) is 0.333. The standard InChI is InChI=1S/C12H14FN5O3/c1-20-12(19)10-3-2-9(4-11(10)13)21-6-8(14)5-18-16-7-15-17-18/h2-4,7-8H,5-6,14H2,1H3/t8-/m1/s1. The minimum Gasteiger partial charge on any atom is -0.492 e. The average Bonchev–Trinajstić information content (AvgIpc) is 2.97. The van der Waals surface area contributed by atoms with Gasteiger partial charge >= 0.3 is 5.97 Å². The highest BCUT2D eigenvalue weighted by Gasteiger charge is 2.13. The molecule has 1 atom stereocenters. The van der Waals surface area contributed by atoms with Crippen molar-refractivity contribution in [3.63, 3.8) is 0 Å². The Labute approximate surface area is 119 Å². The van der Waals surface area contributed by atoms with Gasteiger partial charge in [0.1, 0.15) is 18.2 Å².